The van der Waals surface area contributed by atoms with E-state index in [9.17, 15) is 14.3 Å². The van der Waals surface area contributed by atoms with Crippen LogP contribution in [-0.2, 0) is 0 Å². The molecule has 2 N–H and O–H groups in total. The Kier molecular flexibility index (Phi) is 2.54. The molecule has 0 saturated heterocycles. The number of carbonyl (C=O) groups excluding carboxylic acids is 1. The first-order valence-electron chi connectivity index (χ1n) is 6.38. The zero-order valence-corrected chi connectivity index (χ0v) is 10.1. The molecule has 0 heterocycles. The van der Waals surface area contributed by atoms with Gasteiger partial charge in [-0.1, -0.05) is 6.07 Å². The van der Waals surface area contributed by atoms with Gasteiger partial charge < -0.3 is 10.4 Å². The molecule has 2 aliphatic rings. The van der Waals surface area contributed by atoms with Crippen molar-refractivity contribution in [3.05, 3.63) is 29.6 Å². The third kappa shape index (κ3) is 1.96. The summed E-state index contributed by atoms with van der Waals surface area (Å²) < 4.78 is 13.5. The van der Waals surface area contributed by atoms with E-state index in [1.165, 1.54) is 31.0 Å². The molecule has 96 valence electrons. The number of carbonyl (C=O) groups is 1. The van der Waals surface area contributed by atoms with E-state index in [4.69, 9.17) is 0 Å². The number of phenols is 1. The lowest BCUT2D eigenvalue weighted by Gasteiger charge is -2.15. The summed E-state index contributed by atoms with van der Waals surface area (Å²) in [6.45, 7) is 0.601. The highest BCUT2D eigenvalue weighted by Crippen LogP contribution is 2.60. The highest BCUT2D eigenvalue weighted by atomic mass is 19.1. The Morgan fingerprint density at radius 3 is 2.72 bits per heavy atom. The average Bonchev–Trinajstić information content (AvgIpc) is 3.18. The lowest BCUT2D eigenvalue weighted by atomic mass is 10.0. The Morgan fingerprint density at radius 2 is 2.17 bits per heavy atom. The van der Waals surface area contributed by atoms with Gasteiger partial charge in [0.05, 0.1) is 0 Å². The second-order valence-electron chi connectivity index (χ2n) is 5.45. The van der Waals surface area contributed by atoms with Crippen LogP contribution in [0, 0.1) is 17.2 Å². The standard InChI is InChI=1S/C14H16FNO2/c15-10-2-1-3-11(17)12(10)13(18)16-8-14(6-7-14)9-4-5-9/h1-3,9,17H,4-8H2,(H,16,18). The highest BCUT2D eigenvalue weighted by Gasteiger charge is 2.53. The minimum Gasteiger partial charge on any atom is -0.507 e. The van der Waals surface area contributed by atoms with Crippen molar-refractivity contribution in [2.24, 2.45) is 11.3 Å². The lowest BCUT2D eigenvalue weighted by molar-refractivity contribution is 0.0935. The predicted molar refractivity (Wildman–Crippen MR) is 64.8 cm³/mol. The number of aromatic hydroxyl groups is 1. The van der Waals surface area contributed by atoms with Crippen LogP contribution in [0.2, 0.25) is 0 Å². The van der Waals surface area contributed by atoms with Gasteiger partial charge in [-0.2, -0.15) is 0 Å². The maximum Gasteiger partial charge on any atom is 0.258 e. The van der Waals surface area contributed by atoms with Gasteiger partial charge in [-0.05, 0) is 49.1 Å². The zero-order chi connectivity index (χ0) is 12.8. The average molecular weight is 249 g/mol. The fourth-order valence-corrected chi connectivity index (χ4v) is 2.67. The van der Waals surface area contributed by atoms with Crippen LogP contribution < -0.4 is 5.32 Å². The molecule has 4 heteroatoms. The number of nitrogens with one attached hydrogen (secondary N) is 1. The Morgan fingerprint density at radius 1 is 1.44 bits per heavy atom. The summed E-state index contributed by atoms with van der Waals surface area (Å²) in [6.07, 6.45) is 4.81. The van der Waals surface area contributed by atoms with E-state index < -0.39 is 11.7 Å². The van der Waals surface area contributed by atoms with Crippen molar-refractivity contribution in [1.82, 2.24) is 5.32 Å². The molecular formula is C14H16FNO2. The van der Waals surface area contributed by atoms with Crippen molar-refractivity contribution >= 4 is 5.91 Å². The number of halogens is 1. The van der Waals surface area contributed by atoms with Crippen LogP contribution in [0.1, 0.15) is 36.0 Å². The molecule has 1 aromatic rings. The smallest absolute Gasteiger partial charge is 0.258 e. The van der Waals surface area contributed by atoms with Crippen molar-refractivity contribution < 1.29 is 14.3 Å². The predicted octanol–water partition coefficient (Wildman–Crippen LogP) is 2.45. The van der Waals surface area contributed by atoms with Gasteiger partial charge in [0.1, 0.15) is 17.1 Å². The molecule has 1 aromatic carbocycles. The SMILES string of the molecule is O=C(NCC1(C2CC2)CC1)c1c(O)cccc1F. The summed E-state index contributed by atoms with van der Waals surface area (Å²) in [4.78, 5) is 11.9. The summed E-state index contributed by atoms with van der Waals surface area (Å²) >= 11 is 0. The maximum atomic E-state index is 13.5. The van der Waals surface area contributed by atoms with Crippen LogP contribution >= 0.6 is 0 Å². The second-order valence-corrected chi connectivity index (χ2v) is 5.45. The summed E-state index contributed by atoms with van der Waals surface area (Å²) in [6, 6.07) is 3.89. The van der Waals surface area contributed by atoms with Gasteiger partial charge in [-0.15, -0.1) is 0 Å². The molecule has 18 heavy (non-hydrogen) atoms. The second kappa shape index (κ2) is 3.97. The molecule has 2 aliphatic carbocycles. The monoisotopic (exact) mass is 249 g/mol. The number of amides is 1. The summed E-state index contributed by atoms with van der Waals surface area (Å²) in [5.41, 5.74) is 0.0281. The Balaban J connectivity index is 1.68. The normalized spacial score (nSPS) is 20.5. The molecule has 1 amide bonds. The van der Waals surface area contributed by atoms with Gasteiger partial charge in [-0.25, -0.2) is 4.39 Å². The fraction of sp³-hybridized carbons (Fsp3) is 0.500. The van der Waals surface area contributed by atoms with Crippen LogP contribution in [0.25, 0.3) is 0 Å². The molecule has 0 unspecified atom stereocenters. The lowest BCUT2D eigenvalue weighted by Crippen LogP contribution is -2.31. The van der Waals surface area contributed by atoms with E-state index in [1.807, 2.05) is 0 Å². The van der Waals surface area contributed by atoms with E-state index >= 15 is 0 Å². The minimum atomic E-state index is -0.677. The third-order valence-electron chi connectivity index (χ3n) is 4.16. The first-order chi connectivity index (χ1) is 8.62. The molecule has 3 rings (SSSR count). The van der Waals surface area contributed by atoms with Crippen molar-refractivity contribution in [3.8, 4) is 5.75 Å². The van der Waals surface area contributed by atoms with Crippen LogP contribution in [0.4, 0.5) is 4.39 Å². The third-order valence-corrected chi connectivity index (χ3v) is 4.16. The molecule has 0 atom stereocenters. The number of hydrogen-bond acceptors (Lipinski definition) is 2. The molecule has 0 aliphatic heterocycles. The number of rotatable bonds is 4. The first-order valence-corrected chi connectivity index (χ1v) is 6.38. The topological polar surface area (TPSA) is 49.3 Å². The molecule has 2 saturated carbocycles. The fourth-order valence-electron chi connectivity index (χ4n) is 2.67. The largest absolute Gasteiger partial charge is 0.507 e. The van der Waals surface area contributed by atoms with Crippen molar-refractivity contribution in [3.63, 3.8) is 0 Å². The minimum absolute atomic E-state index is 0.246. The Labute approximate surface area is 105 Å². The Bertz CT molecular complexity index is 472. The number of hydrogen-bond donors (Lipinski definition) is 2. The van der Waals surface area contributed by atoms with Crippen LogP contribution in [0.5, 0.6) is 5.75 Å². The van der Waals surface area contributed by atoms with Gasteiger partial charge in [0.2, 0.25) is 0 Å². The van der Waals surface area contributed by atoms with E-state index in [1.54, 1.807) is 0 Å². The van der Waals surface area contributed by atoms with E-state index in [0.717, 1.165) is 18.8 Å². The molecule has 2 fully saturated rings. The first kappa shape index (κ1) is 11.5. The van der Waals surface area contributed by atoms with Gasteiger partial charge in [0, 0.05) is 6.54 Å². The molecule has 0 radical (unpaired) electrons. The van der Waals surface area contributed by atoms with Gasteiger partial charge in [-0.3, -0.25) is 4.79 Å². The van der Waals surface area contributed by atoms with Gasteiger partial charge in [0.25, 0.3) is 5.91 Å². The van der Waals surface area contributed by atoms with Crippen molar-refractivity contribution in [2.45, 2.75) is 25.7 Å². The molecular weight excluding hydrogens is 233 g/mol. The zero-order valence-electron chi connectivity index (χ0n) is 10.1. The summed E-state index contributed by atoms with van der Waals surface area (Å²) in [7, 11) is 0. The molecule has 0 bridgehead atoms. The van der Waals surface area contributed by atoms with Crippen LogP contribution in [0.15, 0.2) is 18.2 Å². The van der Waals surface area contributed by atoms with Crippen LogP contribution in [0.3, 0.4) is 0 Å². The Hall–Kier alpha value is -1.58. The molecule has 0 aromatic heterocycles. The van der Waals surface area contributed by atoms with Gasteiger partial charge in [0.15, 0.2) is 0 Å². The molecule has 0 spiro atoms. The van der Waals surface area contributed by atoms with Crippen LogP contribution in [-0.4, -0.2) is 17.6 Å². The highest BCUT2D eigenvalue weighted by molar-refractivity contribution is 5.97. The summed E-state index contributed by atoms with van der Waals surface area (Å²) in [5, 5.41) is 12.3. The number of benzene rings is 1. The van der Waals surface area contributed by atoms with E-state index in [-0.39, 0.29) is 16.7 Å². The van der Waals surface area contributed by atoms with Crippen molar-refractivity contribution in [1.29, 1.82) is 0 Å². The summed E-state index contributed by atoms with van der Waals surface area (Å²) in [5.74, 6) is -0.753. The van der Waals surface area contributed by atoms with Gasteiger partial charge >= 0.3 is 0 Å². The number of phenolic OH excluding ortho intramolecular Hbond substituents is 1. The quantitative estimate of drug-likeness (QED) is 0.861. The van der Waals surface area contributed by atoms with Crippen molar-refractivity contribution in [2.75, 3.05) is 6.54 Å². The molecule has 3 nitrogen and oxygen atoms in total. The van der Waals surface area contributed by atoms with E-state index in [0.29, 0.717) is 6.54 Å². The van der Waals surface area contributed by atoms with E-state index in [2.05, 4.69) is 5.32 Å². The maximum absolute atomic E-state index is 13.5.